The minimum absolute atomic E-state index is 0.0267. The van der Waals surface area contributed by atoms with Gasteiger partial charge >= 0.3 is 0 Å². The van der Waals surface area contributed by atoms with Crippen molar-refractivity contribution in [3.63, 3.8) is 0 Å². The Morgan fingerprint density at radius 2 is 2.16 bits per heavy atom. The summed E-state index contributed by atoms with van der Waals surface area (Å²) in [4.78, 5) is 16.1. The van der Waals surface area contributed by atoms with E-state index in [-0.39, 0.29) is 5.91 Å². The molecule has 1 heterocycles. The maximum absolute atomic E-state index is 11.5. The highest BCUT2D eigenvalue weighted by molar-refractivity contribution is 7.80. The van der Waals surface area contributed by atoms with Crippen LogP contribution in [-0.4, -0.2) is 29.0 Å². The average Bonchev–Trinajstić information content (AvgIpc) is 2.36. The van der Waals surface area contributed by atoms with Crippen molar-refractivity contribution in [3.8, 4) is 0 Å². The molecule has 19 heavy (non-hydrogen) atoms. The Morgan fingerprint density at radius 1 is 1.42 bits per heavy atom. The van der Waals surface area contributed by atoms with Gasteiger partial charge in [0.05, 0.1) is 5.56 Å². The van der Waals surface area contributed by atoms with Crippen LogP contribution < -0.4 is 16.4 Å². The fraction of sp³-hybridized carbons (Fsp3) is 0.462. The summed E-state index contributed by atoms with van der Waals surface area (Å²) in [6.45, 7) is 5.12. The molecular formula is C13H20N4OS. The number of carbonyl (C=O) groups excluding carboxylic acids is 1. The molecule has 0 atom stereocenters. The lowest BCUT2D eigenvalue weighted by molar-refractivity contribution is -0.120. The number of amides is 1. The minimum atomic E-state index is 0.0267. The largest absolute Gasteiger partial charge is 0.389 e. The van der Waals surface area contributed by atoms with Crippen molar-refractivity contribution in [3.05, 3.63) is 23.4 Å². The summed E-state index contributed by atoms with van der Waals surface area (Å²) in [6.07, 6.45) is 1.33. The third-order valence-electron chi connectivity index (χ3n) is 2.52. The summed E-state index contributed by atoms with van der Waals surface area (Å²) in [5.74, 6) is 0.662. The molecule has 0 aromatic carbocycles. The van der Waals surface area contributed by atoms with Crippen molar-refractivity contribution >= 4 is 28.9 Å². The lowest BCUT2D eigenvalue weighted by Gasteiger charge is -2.11. The summed E-state index contributed by atoms with van der Waals surface area (Å²) in [6, 6.07) is 3.69. The first-order chi connectivity index (χ1) is 9.04. The second kappa shape index (κ2) is 7.68. The summed E-state index contributed by atoms with van der Waals surface area (Å²) in [5.41, 5.74) is 7.21. The highest BCUT2D eigenvalue weighted by atomic mass is 32.1. The second-order valence-electron chi connectivity index (χ2n) is 4.24. The molecule has 4 N–H and O–H groups in total. The number of anilines is 1. The second-order valence-corrected chi connectivity index (χ2v) is 4.68. The van der Waals surface area contributed by atoms with Gasteiger partial charge in [0.25, 0.3) is 0 Å². The third kappa shape index (κ3) is 5.21. The van der Waals surface area contributed by atoms with Crippen LogP contribution in [0, 0.1) is 6.92 Å². The summed E-state index contributed by atoms with van der Waals surface area (Å²) in [5, 5.41) is 5.92. The van der Waals surface area contributed by atoms with E-state index in [2.05, 4.69) is 15.6 Å². The Kier molecular flexibility index (Phi) is 6.21. The summed E-state index contributed by atoms with van der Waals surface area (Å²) < 4.78 is 0. The van der Waals surface area contributed by atoms with Gasteiger partial charge in [-0.1, -0.05) is 19.1 Å². The van der Waals surface area contributed by atoms with Crippen molar-refractivity contribution in [2.24, 2.45) is 5.73 Å². The van der Waals surface area contributed by atoms with E-state index in [4.69, 9.17) is 18.0 Å². The maximum Gasteiger partial charge on any atom is 0.221 e. The topological polar surface area (TPSA) is 80.0 Å². The fourth-order valence-electron chi connectivity index (χ4n) is 1.54. The number of aromatic nitrogens is 1. The monoisotopic (exact) mass is 280 g/mol. The molecule has 104 valence electrons. The van der Waals surface area contributed by atoms with Gasteiger partial charge in [0.1, 0.15) is 10.8 Å². The molecule has 0 radical (unpaired) electrons. The number of nitrogens with two attached hydrogens (primary N) is 1. The van der Waals surface area contributed by atoms with Crippen molar-refractivity contribution in [1.29, 1.82) is 0 Å². The number of rotatable bonds is 7. The van der Waals surface area contributed by atoms with Crippen LogP contribution in [-0.2, 0) is 4.79 Å². The standard InChI is InChI=1S/C13H20N4OS/c1-3-7-15-11(18)6-8-16-13-10(12(14)19)5-4-9(2)17-13/h4-5H,3,6-8H2,1-2H3,(H2,14,19)(H,15,18)(H,16,17). The van der Waals surface area contributed by atoms with E-state index in [1.807, 2.05) is 26.0 Å². The van der Waals surface area contributed by atoms with Crippen LogP contribution in [0.15, 0.2) is 12.1 Å². The van der Waals surface area contributed by atoms with Gasteiger partial charge in [-0.05, 0) is 25.5 Å². The smallest absolute Gasteiger partial charge is 0.221 e. The quantitative estimate of drug-likeness (QED) is 0.657. The zero-order chi connectivity index (χ0) is 14.3. The Hall–Kier alpha value is -1.69. The highest BCUT2D eigenvalue weighted by Gasteiger charge is 2.07. The van der Waals surface area contributed by atoms with Crippen LogP contribution in [0.1, 0.15) is 31.0 Å². The van der Waals surface area contributed by atoms with E-state index in [9.17, 15) is 4.79 Å². The van der Waals surface area contributed by atoms with Crippen molar-refractivity contribution < 1.29 is 4.79 Å². The molecule has 0 saturated heterocycles. The Balaban J connectivity index is 2.55. The molecule has 1 rings (SSSR count). The van der Waals surface area contributed by atoms with Crippen molar-refractivity contribution in [1.82, 2.24) is 10.3 Å². The van der Waals surface area contributed by atoms with E-state index < -0.39 is 0 Å². The van der Waals surface area contributed by atoms with E-state index in [0.29, 0.717) is 35.9 Å². The van der Waals surface area contributed by atoms with Crippen LogP contribution in [0.25, 0.3) is 0 Å². The summed E-state index contributed by atoms with van der Waals surface area (Å²) >= 11 is 4.97. The van der Waals surface area contributed by atoms with E-state index >= 15 is 0 Å². The van der Waals surface area contributed by atoms with Gasteiger partial charge in [-0.2, -0.15) is 0 Å². The molecule has 0 bridgehead atoms. The zero-order valence-corrected chi connectivity index (χ0v) is 12.1. The average molecular weight is 280 g/mol. The first-order valence-electron chi connectivity index (χ1n) is 6.32. The molecule has 1 amide bonds. The van der Waals surface area contributed by atoms with E-state index in [1.165, 1.54) is 0 Å². The van der Waals surface area contributed by atoms with Crippen LogP contribution in [0.4, 0.5) is 5.82 Å². The first kappa shape index (κ1) is 15.4. The van der Waals surface area contributed by atoms with Gasteiger partial charge in [-0.15, -0.1) is 0 Å². The molecule has 0 aliphatic carbocycles. The predicted octanol–water partition coefficient (Wildman–Crippen LogP) is 1.35. The number of hydrogen-bond donors (Lipinski definition) is 3. The summed E-state index contributed by atoms with van der Waals surface area (Å²) in [7, 11) is 0. The van der Waals surface area contributed by atoms with Gasteiger partial charge in [-0.25, -0.2) is 4.98 Å². The fourth-order valence-corrected chi connectivity index (χ4v) is 1.70. The number of aryl methyl sites for hydroxylation is 1. The van der Waals surface area contributed by atoms with Crippen LogP contribution >= 0.6 is 12.2 Å². The normalized spacial score (nSPS) is 10.0. The van der Waals surface area contributed by atoms with Crippen molar-refractivity contribution in [2.75, 3.05) is 18.4 Å². The van der Waals surface area contributed by atoms with Gasteiger partial charge < -0.3 is 16.4 Å². The molecule has 0 saturated carbocycles. The predicted molar refractivity (Wildman–Crippen MR) is 81.3 cm³/mol. The molecule has 0 fully saturated rings. The van der Waals surface area contributed by atoms with Crippen LogP contribution in [0.2, 0.25) is 0 Å². The lowest BCUT2D eigenvalue weighted by Crippen LogP contribution is -2.26. The number of hydrogen-bond acceptors (Lipinski definition) is 4. The maximum atomic E-state index is 11.5. The van der Waals surface area contributed by atoms with E-state index in [1.54, 1.807) is 0 Å². The number of carbonyl (C=O) groups is 1. The number of pyridine rings is 1. The molecular weight excluding hydrogens is 260 g/mol. The minimum Gasteiger partial charge on any atom is -0.389 e. The highest BCUT2D eigenvalue weighted by Crippen LogP contribution is 2.13. The molecule has 0 spiro atoms. The Morgan fingerprint density at radius 3 is 2.79 bits per heavy atom. The van der Waals surface area contributed by atoms with Crippen LogP contribution in [0.5, 0.6) is 0 Å². The van der Waals surface area contributed by atoms with Gasteiger partial charge in [0, 0.05) is 25.2 Å². The number of nitrogens with zero attached hydrogens (tertiary/aromatic N) is 1. The Labute approximate surface area is 119 Å². The van der Waals surface area contributed by atoms with Crippen molar-refractivity contribution in [2.45, 2.75) is 26.7 Å². The molecule has 1 aromatic rings. The Bertz CT molecular complexity index is 462. The SMILES string of the molecule is CCCNC(=O)CCNc1nc(C)ccc1C(N)=S. The molecule has 0 unspecified atom stereocenters. The van der Waals surface area contributed by atoms with Crippen LogP contribution in [0.3, 0.4) is 0 Å². The van der Waals surface area contributed by atoms with Gasteiger partial charge in [0.15, 0.2) is 0 Å². The van der Waals surface area contributed by atoms with Gasteiger partial charge in [0.2, 0.25) is 5.91 Å². The van der Waals surface area contributed by atoms with Gasteiger partial charge in [-0.3, -0.25) is 4.79 Å². The molecule has 6 heteroatoms. The lowest BCUT2D eigenvalue weighted by atomic mass is 10.2. The van der Waals surface area contributed by atoms with E-state index in [0.717, 1.165) is 12.1 Å². The molecule has 5 nitrogen and oxygen atoms in total. The molecule has 1 aromatic heterocycles. The number of thiocarbonyl (C=S) groups is 1. The molecule has 0 aliphatic heterocycles. The number of nitrogens with one attached hydrogen (secondary N) is 2. The molecule has 0 aliphatic rings. The zero-order valence-electron chi connectivity index (χ0n) is 11.3. The first-order valence-corrected chi connectivity index (χ1v) is 6.73. The third-order valence-corrected chi connectivity index (χ3v) is 2.74.